The molecular weight excluding hydrogens is 144 g/mol. The molecule has 0 aliphatic carbocycles. The number of hydrogen-bond acceptors (Lipinski definition) is 3. The fraction of sp³-hybridized carbons (Fsp3) is 0.857. The summed E-state index contributed by atoms with van der Waals surface area (Å²) in [6, 6.07) is 0. The van der Waals surface area contributed by atoms with Crippen molar-refractivity contribution in [2.24, 2.45) is 0 Å². The molecule has 0 bridgehead atoms. The highest BCUT2D eigenvalue weighted by Crippen LogP contribution is 1.97. The first-order valence-corrected chi connectivity index (χ1v) is 3.58. The first kappa shape index (κ1) is 10.4. The number of carbonyl (C=O) groups is 1. The summed E-state index contributed by atoms with van der Waals surface area (Å²) in [4.78, 5) is 10.7. The van der Waals surface area contributed by atoms with Gasteiger partial charge in [0.15, 0.2) is 0 Å². The Labute approximate surface area is 67.0 Å². The summed E-state index contributed by atoms with van der Waals surface area (Å²) in [5.41, 5.74) is -0.382. The lowest BCUT2D eigenvalue weighted by Crippen LogP contribution is -2.47. The second kappa shape index (κ2) is 4.31. The fourth-order valence-electron chi connectivity index (χ4n) is 0.464. The lowest BCUT2D eigenvalue weighted by atomic mass is 10.1. The molecule has 0 unspecified atom stereocenters. The molecule has 1 amide bonds. The predicted octanol–water partition coefficient (Wildman–Crippen LogP) is -0.907. The van der Waals surface area contributed by atoms with E-state index in [0.29, 0.717) is 0 Å². The smallest absolute Gasteiger partial charge is 0.233 e. The number of rotatable bonds is 4. The molecule has 0 fully saturated rings. The maximum atomic E-state index is 10.7. The molecule has 0 radical (unpaired) electrons. The number of carbonyl (C=O) groups excluding carboxylic acids is 1. The van der Waals surface area contributed by atoms with Gasteiger partial charge in [-0.2, -0.15) is 0 Å². The van der Waals surface area contributed by atoms with Crippen LogP contribution in [0.5, 0.6) is 0 Å². The largest absolute Gasteiger partial charge is 0.394 e. The van der Waals surface area contributed by atoms with Crippen molar-refractivity contribution in [3.63, 3.8) is 0 Å². The van der Waals surface area contributed by atoms with Crippen LogP contribution in [0.1, 0.15) is 13.8 Å². The van der Waals surface area contributed by atoms with Gasteiger partial charge in [0.05, 0.1) is 13.2 Å². The summed E-state index contributed by atoms with van der Waals surface area (Å²) in [7, 11) is 1.58. The Morgan fingerprint density at radius 1 is 1.55 bits per heavy atom. The number of likely N-dealkylation sites (N-methyl/N-ethyl adjacent to an activating group) is 1. The molecule has 0 saturated heterocycles. The molecule has 0 rings (SSSR count). The van der Waals surface area contributed by atoms with Gasteiger partial charge in [0.1, 0.15) is 0 Å². The third-order valence-electron chi connectivity index (χ3n) is 1.40. The van der Waals surface area contributed by atoms with Gasteiger partial charge < -0.3 is 15.7 Å². The first-order valence-electron chi connectivity index (χ1n) is 3.58. The van der Waals surface area contributed by atoms with Crippen LogP contribution in [0.4, 0.5) is 0 Å². The Bertz CT molecular complexity index is 134. The lowest BCUT2D eigenvalue weighted by molar-refractivity contribution is -0.120. The normalized spacial score (nSPS) is 11.3. The van der Waals surface area contributed by atoms with Crippen molar-refractivity contribution in [2.45, 2.75) is 19.4 Å². The zero-order valence-corrected chi connectivity index (χ0v) is 7.27. The molecule has 0 aliphatic rings. The van der Waals surface area contributed by atoms with Crippen LogP contribution in [0.25, 0.3) is 0 Å². The van der Waals surface area contributed by atoms with Crippen molar-refractivity contribution in [1.82, 2.24) is 10.6 Å². The van der Waals surface area contributed by atoms with Gasteiger partial charge in [-0.3, -0.25) is 4.79 Å². The van der Waals surface area contributed by atoms with Crippen molar-refractivity contribution in [1.29, 1.82) is 0 Å². The van der Waals surface area contributed by atoms with E-state index in [-0.39, 0.29) is 24.6 Å². The van der Waals surface area contributed by atoms with Gasteiger partial charge in [0, 0.05) is 12.6 Å². The molecule has 4 nitrogen and oxygen atoms in total. The van der Waals surface area contributed by atoms with Crippen LogP contribution in [0.2, 0.25) is 0 Å². The number of nitrogens with one attached hydrogen (secondary N) is 2. The molecule has 0 aromatic carbocycles. The summed E-state index contributed by atoms with van der Waals surface area (Å²) in [5, 5.41) is 14.2. The minimum absolute atomic E-state index is 0.0179. The van der Waals surface area contributed by atoms with Crippen LogP contribution >= 0.6 is 0 Å². The van der Waals surface area contributed by atoms with Crippen molar-refractivity contribution >= 4 is 5.91 Å². The Morgan fingerprint density at radius 3 is 2.45 bits per heavy atom. The average Bonchev–Trinajstić information content (AvgIpc) is 2.00. The highest BCUT2D eigenvalue weighted by Gasteiger charge is 2.15. The van der Waals surface area contributed by atoms with Crippen molar-refractivity contribution in [2.75, 3.05) is 20.2 Å². The van der Waals surface area contributed by atoms with E-state index in [9.17, 15) is 4.79 Å². The molecule has 4 heteroatoms. The zero-order valence-electron chi connectivity index (χ0n) is 7.27. The van der Waals surface area contributed by atoms with Crippen LogP contribution < -0.4 is 10.6 Å². The average molecular weight is 160 g/mol. The molecular formula is C7H16N2O2. The van der Waals surface area contributed by atoms with Gasteiger partial charge >= 0.3 is 0 Å². The summed E-state index contributed by atoms with van der Waals surface area (Å²) in [5.74, 6) is -0.0773. The minimum Gasteiger partial charge on any atom is -0.394 e. The zero-order chi connectivity index (χ0) is 8.91. The molecule has 66 valence electrons. The van der Waals surface area contributed by atoms with E-state index in [4.69, 9.17) is 5.11 Å². The number of aliphatic hydroxyl groups is 1. The third-order valence-corrected chi connectivity index (χ3v) is 1.40. The molecule has 0 heterocycles. The van der Waals surface area contributed by atoms with Crippen molar-refractivity contribution in [3.8, 4) is 0 Å². The summed E-state index contributed by atoms with van der Waals surface area (Å²) >= 11 is 0. The quantitative estimate of drug-likeness (QED) is 0.499. The van der Waals surface area contributed by atoms with E-state index in [1.165, 1.54) is 0 Å². The SMILES string of the molecule is CNC(=O)CNC(C)(C)CO. The maximum Gasteiger partial charge on any atom is 0.233 e. The van der Waals surface area contributed by atoms with Crippen molar-refractivity contribution in [3.05, 3.63) is 0 Å². The second-order valence-electron chi connectivity index (χ2n) is 3.07. The highest BCUT2D eigenvalue weighted by atomic mass is 16.3. The van der Waals surface area contributed by atoms with Crippen molar-refractivity contribution < 1.29 is 9.90 Å². The van der Waals surface area contributed by atoms with Crippen LogP contribution in [-0.4, -0.2) is 36.8 Å². The van der Waals surface area contributed by atoms with E-state index >= 15 is 0 Å². The molecule has 0 aliphatic heterocycles. The second-order valence-corrected chi connectivity index (χ2v) is 3.07. The molecule has 0 spiro atoms. The minimum atomic E-state index is -0.382. The molecule has 0 aromatic heterocycles. The third kappa shape index (κ3) is 4.75. The predicted molar refractivity (Wildman–Crippen MR) is 43.2 cm³/mol. The van der Waals surface area contributed by atoms with Gasteiger partial charge in [-0.05, 0) is 13.8 Å². The highest BCUT2D eigenvalue weighted by molar-refractivity contribution is 5.77. The Kier molecular flexibility index (Phi) is 4.07. The number of amides is 1. The Morgan fingerprint density at radius 2 is 2.09 bits per heavy atom. The molecule has 3 N–H and O–H groups in total. The van der Waals surface area contributed by atoms with Gasteiger partial charge in [0.2, 0.25) is 5.91 Å². The molecule has 0 saturated carbocycles. The van der Waals surface area contributed by atoms with Crippen LogP contribution in [0.3, 0.4) is 0 Å². The molecule has 0 aromatic rings. The van der Waals surface area contributed by atoms with E-state index in [1.54, 1.807) is 7.05 Å². The van der Waals surface area contributed by atoms with Gasteiger partial charge in [-0.25, -0.2) is 0 Å². The van der Waals surface area contributed by atoms with Crippen LogP contribution in [0.15, 0.2) is 0 Å². The summed E-state index contributed by atoms with van der Waals surface area (Å²) in [6.45, 7) is 3.92. The van der Waals surface area contributed by atoms with E-state index in [0.717, 1.165) is 0 Å². The Balaban J connectivity index is 3.61. The topological polar surface area (TPSA) is 61.4 Å². The Hall–Kier alpha value is -0.610. The summed E-state index contributed by atoms with van der Waals surface area (Å²) in [6.07, 6.45) is 0. The van der Waals surface area contributed by atoms with Crippen LogP contribution in [0, 0.1) is 0 Å². The van der Waals surface area contributed by atoms with Crippen LogP contribution in [-0.2, 0) is 4.79 Å². The van der Waals surface area contributed by atoms with Gasteiger partial charge in [-0.15, -0.1) is 0 Å². The number of aliphatic hydroxyl groups excluding tert-OH is 1. The molecule has 11 heavy (non-hydrogen) atoms. The van der Waals surface area contributed by atoms with E-state index < -0.39 is 0 Å². The maximum absolute atomic E-state index is 10.7. The standard InChI is InChI=1S/C7H16N2O2/c1-7(2,5-10)9-4-6(11)8-3/h9-10H,4-5H2,1-3H3,(H,8,11). The number of hydrogen-bond donors (Lipinski definition) is 3. The van der Waals surface area contributed by atoms with Gasteiger partial charge in [0.25, 0.3) is 0 Å². The van der Waals surface area contributed by atoms with E-state index in [1.807, 2.05) is 13.8 Å². The first-order chi connectivity index (χ1) is 5.02. The monoisotopic (exact) mass is 160 g/mol. The molecule has 0 atom stereocenters. The fourth-order valence-corrected chi connectivity index (χ4v) is 0.464. The van der Waals surface area contributed by atoms with E-state index in [2.05, 4.69) is 10.6 Å². The summed E-state index contributed by atoms with van der Waals surface area (Å²) < 4.78 is 0. The lowest BCUT2D eigenvalue weighted by Gasteiger charge is -2.22. The van der Waals surface area contributed by atoms with Gasteiger partial charge in [-0.1, -0.05) is 0 Å².